The van der Waals surface area contributed by atoms with E-state index in [1.54, 1.807) is 33.6 Å². The van der Waals surface area contributed by atoms with Gasteiger partial charge >= 0.3 is 0 Å². The summed E-state index contributed by atoms with van der Waals surface area (Å²) in [4.78, 5) is 2.07. The van der Waals surface area contributed by atoms with Crippen LogP contribution in [0.1, 0.15) is 4.88 Å². The highest BCUT2D eigenvalue weighted by Gasteiger charge is 2.08. The first-order valence-corrected chi connectivity index (χ1v) is 8.20. The number of halogens is 1. The first-order valence-electron chi connectivity index (χ1n) is 5.24. The van der Waals surface area contributed by atoms with Crippen LogP contribution < -0.4 is 0 Å². The van der Waals surface area contributed by atoms with E-state index in [-0.39, 0.29) is 0 Å². The molecule has 3 heterocycles. The summed E-state index contributed by atoms with van der Waals surface area (Å²) in [6.45, 7) is 0. The smallest absolute Gasteiger partial charge is 0.216 e. The van der Waals surface area contributed by atoms with Gasteiger partial charge in [-0.2, -0.15) is 14.9 Å². The lowest BCUT2D eigenvalue weighted by Crippen LogP contribution is -1.92. The number of aromatic amines is 1. The number of hydrogen-bond donors (Lipinski definition) is 1. The molecule has 3 rings (SSSR count). The van der Waals surface area contributed by atoms with Gasteiger partial charge in [-0.3, -0.25) is 0 Å². The second-order valence-corrected chi connectivity index (χ2v) is 6.75. The Labute approximate surface area is 130 Å². The van der Waals surface area contributed by atoms with Gasteiger partial charge in [0, 0.05) is 14.7 Å². The minimum absolute atomic E-state index is 0.482. The second kappa shape index (κ2) is 5.49. The molecule has 0 atom stereocenters. The van der Waals surface area contributed by atoms with E-state index in [1.165, 1.54) is 0 Å². The third-order valence-corrected chi connectivity index (χ3v) is 5.04. The Kier molecular flexibility index (Phi) is 3.74. The maximum absolute atomic E-state index is 5.20. The van der Waals surface area contributed by atoms with Gasteiger partial charge in [-0.05, 0) is 45.7 Å². The van der Waals surface area contributed by atoms with Gasteiger partial charge in [-0.1, -0.05) is 6.07 Å². The van der Waals surface area contributed by atoms with Crippen molar-refractivity contribution < 1.29 is 0 Å². The SMILES string of the molecule is S=c1[nH]nc(-c2cccs2)n1N=Cc1cc(Br)cs1. The van der Waals surface area contributed by atoms with Crippen LogP contribution in [-0.4, -0.2) is 21.1 Å². The van der Waals surface area contributed by atoms with Gasteiger partial charge in [0.05, 0.1) is 11.1 Å². The molecule has 0 unspecified atom stereocenters. The number of nitrogens with one attached hydrogen (secondary N) is 1. The number of nitrogens with zero attached hydrogens (tertiary/aromatic N) is 3. The van der Waals surface area contributed by atoms with Crippen LogP contribution in [0, 0.1) is 4.77 Å². The highest BCUT2D eigenvalue weighted by molar-refractivity contribution is 9.10. The van der Waals surface area contributed by atoms with E-state index >= 15 is 0 Å². The van der Waals surface area contributed by atoms with Gasteiger partial charge in [0.15, 0.2) is 5.82 Å². The molecule has 0 aliphatic rings. The van der Waals surface area contributed by atoms with Crippen molar-refractivity contribution in [3.05, 3.63) is 43.1 Å². The van der Waals surface area contributed by atoms with Crippen molar-refractivity contribution in [1.82, 2.24) is 14.9 Å². The zero-order chi connectivity index (χ0) is 13.2. The number of H-pyrrole nitrogens is 1. The van der Waals surface area contributed by atoms with Crippen molar-refractivity contribution >= 4 is 57.0 Å². The number of thiophene rings is 2. The minimum Gasteiger partial charge on any atom is -0.250 e. The van der Waals surface area contributed by atoms with Crippen molar-refractivity contribution in [2.45, 2.75) is 0 Å². The Bertz CT molecular complexity index is 766. The van der Waals surface area contributed by atoms with E-state index in [0.29, 0.717) is 4.77 Å². The van der Waals surface area contributed by atoms with E-state index in [4.69, 9.17) is 12.2 Å². The molecule has 1 N–H and O–H groups in total. The van der Waals surface area contributed by atoms with Gasteiger partial charge < -0.3 is 0 Å². The number of rotatable bonds is 3. The lowest BCUT2D eigenvalue weighted by molar-refractivity contribution is 0.874. The van der Waals surface area contributed by atoms with Crippen LogP contribution in [0.25, 0.3) is 10.7 Å². The average Bonchev–Trinajstić information content (AvgIpc) is 3.08. The first-order chi connectivity index (χ1) is 9.24. The van der Waals surface area contributed by atoms with Crippen LogP contribution in [-0.2, 0) is 0 Å². The van der Waals surface area contributed by atoms with Crippen molar-refractivity contribution in [2.75, 3.05) is 0 Å². The summed E-state index contributed by atoms with van der Waals surface area (Å²) < 4.78 is 3.16. The second-order valence-electron chi connectivity index (χ2n) is 3.55. The third kappa shape index (κ3) is 2.76. The van der Waals surface area contributed by atoms with Crippen molar-refractivity contribution in [1.29, 1.82) is 0 Å². The fourth-order valence-corrected chi connectivity index (χ4v) is 3.65. The maximum atomic E-state index is 5.20. The molecule has 3 aromatic heterocycles. The Morgan fingerprint density at radius 2 is 2.37 bits per heavy atom. The van der Waals surface area contributed by atoms with E-state index in [0.717, 1.165) is 20.1 Å². The molecule has 8 heteroatoms. The number of hydrogen-bond acceptors (Lipinski definition) is 5. The van der Waals surface area contributed by atoms with Crippen molar-refractivity contribution in [3.8, 4) is 10.7 Å². The Hall–Kier alpha value is -1.09. The summed E-state index contributed by atoms with van der Waals surface area (Å²) in [6, 6.07) is 5.97. The van der Waals surface area contributed by atoms with Crippen LogP contribution in [0.5, 0.6) is 0 Å². The summed E-state index contributed by atoms with van der Waals surface area (Å²) in [5.74, 6) is 0.729. The van der Waals surface area contributed by atoms with Gasteiger partial charge in [-0.15, -0.1) is 22.7 Å². The molecule has 0 saturated carbocycles. The van der Waals surface area contributed by atoms with Gasteiger partial charge in [-0.25, -0.2) is 5.10 Å². The molecule has 3 aromatic rings. The van der Waals surface area contributed by atoms with Gasteiger partial charge in [0.25, 0.3) is 0 Å². The summed E-state index contributed by atoms with van der Waals surface area (Å²) in [7, 11) is 0. The fourth-order valence-electron chi connectivity index (χ4n) is 1.47. The van der Waals surface area contributed by atoms with Crippen molar-refractivity contribution in [2.24, 2.45) is 5.10 Å². The van der Waals surface area contributed by atoms with Gasteiger partial charge in [0.1, 0.15) is 0 Å². The molecule has 0 aromatic carbocycles. The third-order valence-electron chi connectivity index (χ3n) is 2.28. The lowest BCUT2D eigenvalue weighted by Gasteiger charge is -1.96. The molecule has 0 spiro atoms. The molecule has 0 radical (unpaired) electrons. The van der Waals surface area contributed by atoms with E-state index in [9.17, 15) is 0 Å². The van der Waals surface area contributed by atoms with Crippen LogP contribution in [0.3, 0.4) is 0 Å². The largest absolute Gasteiger partial charge is 0.250 e. The molecular formula is C11H7BrN4S3. The molecule has 0 fully saturated rings. The Balaban J connectivity index is 1.99. The summed E-state index contributed by atoms with van der Waals surface area (Å²) in [6.07, 6.45) is 1.78. The summed E-state index contributed by atoms with van der Waals surface area (Å²) in [5, 5.41) is 15.4. The number of aromatic nitrogens is 3. The molecule has 4 nitrogen and oxygen atoms in total. The summed E-state index contributed by atoms with van der Waals surface area (Å²) in [5.41, 5.74) is 0. The van der Waals surface area contributed by atoms with E-state index in [1.807, 2.05) is 29.0 Å². The fraction of sp³-hybridized carbons (Fsp3) is 0. The quantitative estimate of drug-likeness (QED) is 0.549. The first kappa shape index (κ1) is 12.9. The van der Waals surface area contributed by atoms with Crippen LogP contribution in [0.2, 0.25) is 0 Å². The molecule has 0 aliphatic heterocycles. The van der Waals surface area contributed by atoms with Crippen molar-refractivity contribution in [3.63, 3.8) is 0 Å². The average molecular weight is 371 g/mol. The van der Waals surface area contributed by atoms with Gasteiger partial charge in [0.2, 0.25) is 4.77 Å². The lowest BCUT2D eigenvalue weighted by atomic mass is 10.4. The molecule has 19 heavy (non-hydrogen) atoms. The minimum atomic E-state index is 0.482. The van der Waals surface area contributed by atoms with E-state index in [2.05, 4.69) is 31.2 Å². The zero-order valence-electron chi connectivity index (χ0n) is 9.41. The molecule has 0 saturated heterocycles. The normalized spacial score (nSPS) is 11.4. The zero-order valence-corrected chi connectivity index (χ0v) is 13.4. The molecule has 0 aliphatic carbocycles. The van der Waals surface area contributed by atoms with Crippen LogP contribution >= 0.6 is 50.8 Å². The predicted molar refractivity (Wildman–Crippen MR) is 85.7 cm³/mol. The topological polar surface area (TPSA) is 46.0 Å². The van der Waals surface area contributed by atoms with E-state index < -0.39 is 0 Å². The predicted octanol–water partition coefficient (Wildman–Crippen LogP) is 4.38. The highest BCUT2D eigenvalue weighted by Crippen LogP contribution is 2.23. The highest BCUT2D eigenvalue weighted by atomic mass is 79.9. The Morgan fingerprint density at radius 3 is 3.05 bits per heavy atom. The van der Waals surface area contributed by atoms with Crippen LogP contribution in [0.4, 0.5) is 0 Å². The molecule has 0 amide bonds. The standard InChI is InChI=1S/C11H7BrN4S3/c12-7-4-8(19-6-7)5-13-16-10(14-15-11(16)17)9-2-1-3-18-9/h1-6H,(H,15,17). The summed E-state index contributed by atoms with van der Waals surface area (Å²) >= 11 is 11.8. The van der Waals surface area contributed by atoms with Crippen LogP contribution in [0.15, 0.2) is 38.5 Å². The molecule has 96 valence electrons. The Morgan fingerprint density at radius 1 is 1.47 bits per heavy atom. The monoisotopic (exact) mass is 370 g/mol. The molecular weight excluding hydrogens is 364 g/mol. The molecule has 0 bridgehead atoms. The maximum Gasteiger partial charge on any atom is 0.216 e.